The lowest BCUT2D eigenvalue weighted by molar-refractivity contribution is 0.823. The van der Waals surface area contributed by atoms with Gasteiger partial charge in [0, 0.05) is 11.4 Å². The minimum Gasteiger partial charge on any atom is -0.381 e. The van der Waals surface area contributed by atoms with Gasteiger partial charge in [-0.25, -0.2) is 9.97 Å². The molecule has 0 aliphatic rings. The average Bonchev–Trinajstić information content (AvgIpc) is 3.04. The van der Waals surface area contributed by atoms with Gasteiger partial charge in [-0.15, -0.1) is 11.3 Å². The molecule has 118 valence electrons. The molecule has 0 bridgehead atoms. The highest BCUT2D eigenvalue weighted by Gasteiger charge is 2.12. The molecular formula is C15H17N7S. The number of nitrogens with one attached hydrogen (secondary N) is 2. The first kappa shape index (κ1) is 15.2. The normalized spacial score (nSPS) is 10.8. The van der Waals surface area contributed by atoms with Crippen molar-refractivity contribution in [2.45, 2.75) is 26.7 Å². The zero-order chi connectivity index (χ0) is 16.4. The first-order valence-corrected chi connectivity index (χ1v) is 8.10. The van der Waals surface area contributed by atoms with E-state index in [4.69, 9.17) is 11.0 Å². The van der Waals surface area contributed by atoms with Crippen molar-refractivity contribution >= 4 is 33.2 Å². The van der Waals surface area contributed by atoms with E-state index in [0.29, 0.717) is 12.0 Å². The van der Waals surface area contributed by atoms with E-state index in [1.165, 1.54) is 10.4 Å². The van der Waals surface area contributed by atoms with E-state index in [1.807, 2.05) is 0 Å². The molecule has 0 amide bonds. The van der Waals surface area contributed by atoms with Crippen LogP contribution in [-0.4, -0.2) is 26.7 Å². The van der Waals surface area contributed by atoms with Crippen LogP contribution in [-0.2, 0) is 6.42 Å². The molecule has 0 unspecified atom stereocenters. The second-order valence-corrected chi connectivity index (χ2v) is 6.49. The predicted octanol–water partition coefficient (Wildman–Crippen LogP) is 2.53. The molecule has 0 aliphatic heterocycles. The molecule has 3 rings (SSSR count). The number of hydrogen-bond acceptors (Lipinski definition) is 7. The van der Waals surface area contributed by atoms with Gasteiger partial charge in [0.1, 0.15) is 28.6 Å². The molecular weight excluding hydrogens is 310 g/mol. The van der Waals surface area contributed by atoms with Gasteiger partial charge in [-0.2, -0.15) is 10.4 Å². The van der Waals surface area contributed by atoms with E-state index in [1.54, 1.807) is 17.7 Å². The van der Waals surface area contributed by atoms with E-state index in [-0.39, 0.29) is 5.82 Å². The van der Waals surface area contributed by atoms with Gasteiger partial charge < -0.3 is 11.1 Å². The molecule has 0 radical (unpaired) electrons. The van der Waals surface area contributed by atoms with Gasteiger partial charge in [0.2, 0.25) is 0 Å². The van der Waals surface area contributed by atoms with Crippen LogP contribution in [0, 0.1) is 25.2 Å². The standard InChI is InChI=1S/C15H17N7S/c1-8-9(2)23-15-12(8)14(19-7-20-15)18-5-3-4-11-10(6-16)13(17)22-21-11/h7H,3-5H2,1-2H3,(H3,17,21,22)(H,18,19,20). The van der Waals surface area contributed by atoms with Gasteiger partial charge in [-0.1, -0.05) is 0 Å². The molecule has 0 atom stereocenters. The zero-order valence-corrected chi connectivity index (χ0v) is 13.8. The minimum atomic E-state index is 0.261. The topological polar surface area (TPSA) is 116 Å². The Kier molecular flexibility index (Phi) is 4.12. The van der Waals surface area contributed by atoms with Crippen molar-refractivity contribution in [3.8, 4) is 6.07 Å². The maximum absolute atomic E-state index is 9.05. The van der Waals surface area contributed by atoms with Crippen molar-refractivity contribution < 1.29 is 0 Å². The fourth-order valence-corrected chi connectivity index (χ4v) is 3.49. The average molecular weight is 327 g/mol. The quantitative estimate of drug-likeness (QED) is 0.620. The van der Waals surface area contributed by atoms with Crippen LogP contribution in [0.1, 0.15) is 28.1 Å². The van der Waals surface area contributed by atoms with Gasteiger partial charge in [0.15, 0.2) is 5.82 Å². The molecule has 3 heterocycles. The SMILES string of the molecule is Cc1sc2ncnc(NCCCc3[nH]nc(N)c3C#N)c2c1C. The van der Waals surface area contributed by atoms with Gasteiger partial charge in [-0.3, -0.25) is 5.10 Å². The number of rotatable bonds is 5. The number of aryl methyl sites for hydroxylation is 3. The Balaban J connectivity index is 1.67. The summed E-state index contributed by atoms with van der Waals surface area (Å²) in [6, 6.07) is 2.08. The number of nitrogen functional groups attached to an aromatic ring is 1. The molecule has 7 nitrogen and oxygen atoms in total. The van der Waals surface area contributed by atoms with Crippen LogP contribution in [0.2, 0.25) is 0 Å². The maximum atomic E-state index is 9.05. The molecule has 0 fully saturated rings. The number of H-pyrrole nitrogens is 1. The van der Waals surface area contributed by atoms with Crippen molar-refractivity contribution in [2.75, 3.05) is 17.6 Å². The summed E-state index contributed by atoms with van der Waals surface area (Å²) < 4.78 is 0. The number of nitrogens with zero attached hydrogens (tertiary/aromatic N) is 4. The number of aromatic nitrogens is 4. The number of aromatic amines is 1. The molecule has 3 aromatic heterocycles. The second-order valence-electron chi connectivity index (χ2n) is 5.29. The van der Waals surface area contributed by atoms with Gasteiger partial charge >= 0.3 is 0 Å². The number of hydrogen-bond donors (Lipinski definition) is 3. The summed E-state index contributed by atoms with van der Waals surface area (Å²) in [5.74, 6) is 1.12. The zero-order valence-electron chi connectivity index (χ0n) is 13.0. The fraction of sp³-hybridized carbons (Fsp3) is 0.333. The molecule has 0 aromatic carbocycles. The van der Waals surface area contributed by atoms with Gasteiger partial charge in [-0.05, 0) is 32.3 Å². The Morgan fingerprint density at radius 3 is 3.00 bits per heavy atom. The summed E-state index contributed by atoms with van der Waals surface area (Å²) in [5.41, 5.74) is 8.08. The molecule has 4 N–H and O–H groups in total. The third kappa shape index (κ3) is 2.83. The predicted molar refractivity (Wildman–Crippen MR) is 91.4 cm³/mol. The maximum Gasteiger partial charge on any atom is 0.163 e. The monoisotopic (exact) mass is 327 g/mol. The fourth-order valence-electron chi connectivity index (χ4n) is 2.49. The van der Waals surface area contributed by atoms with Crippen LogP contribution < -0.4 is 11.1 Å². The number of nitriles is 1. The Morgan fingerprint density at radius 1 is 1.39 bits per heavy atom. The lowest BCUT2D eigenvalue weighted by Crippen LogP contribution is -2.06. The van der Waals surface area contributed by atoms with Gasteiger partial charge in [0.05, 0.1) is 11.1 Å². The Bertz CT molecular complexity index is 887. The van der Waals surface area contributed by atoms with E-state index >= 15 is 0 Å². The van der Waals surface area contributed by atoms with E-state index in [2.05, 4.69) is 45.4 Å². The molecule has 8 heteroatoms. The van der Waals surface area contributed by atoms with Crippen LogP contribution >= 0.6 is 11.3 Å². The van der Waals surface area contributed by atoms with E-state index < -0.39 is 0 Å². The van der Waals surface area contributed by atoms with Crippen molar-refractivity contribution in [3.05, 3.63) is 28.0 Å². The Morgan fingerprint density at radius 2 is 2.22 bits per heavy atom. The molecule has 23 heavy (non-hydrogen) atoms. The number of thiophene rings is 1. The van der Waals surface area contributed by atoms with Crippen LogP contribution in [0.5, 0.6) is 0 Å². The highest BCUT2D eigenvalue weighted by Crippen LogP contribution is 2.32. The molecule has 0 saturated carbocycles. The van der Waals surface area contributed by atoms with E-state index in [9.17, 15) is 0 Å². The van der Waals surface area contributed by atoms with Crippen molar-refractivity contribution in [1.82, 2.24) is 20.2 Å². The van der Waals surface area contributed by atoms with Crippen LogP contribution in [0.15, 0.2) is 6.33 Å². The Labute approximate surface area is 137 Å². The minimum absolute atomic E-state index is 0.261. The van der Waals surface area contributed by atoms with E-state index in [0.717, 1.165) is 34.7 Å². The summed E-state index contributed by atoms with van der Waals surface area (Å²) in [6.45, 7) is 4.93. The van der Waals surface area contributed by atoms with Gasteiger partial charge in [0.25, 0.3) is 0 Å². The van der Waals surface area contributed by atoms with Crippen LogP contribution in [0.25, 0.3) is 10.2 Å². The second kappa shape index (κ2) is 6.22. The van der Waals surface area contributed by atoms with Crippen molar-refractivity contribution in [2.24, 2.45) is 0 Å². The highest BCUT2D eigenvalue weighted by atomic mass is 32.1. The summed E-state index contributed by atoms with van der Waals surface area (Å²) in [7, 11) is 0. The highest BCUT2D eigenvalue weighted by molar-refractivity contribution is 7.18. The molecule has 3 aromatic rings. The van der Waals surface area contributed by atoms with Crippen molar-refractivity contribution in [1.29, 1.82) is 5.26 Å². The number of fused-ring (bicyclic) bond motifs is 1. The largest absolute Gasteiger partial charge is 0.381 e. The molecule has 0 spiro atoms. The van der Waals surface area contributed by atoms with Crippen LogP contribution in [0.4, 0.5) is 11.6 Å². The molecule has 0 aliphatic carbocycles. The molecule has 0 saturated heterocycles. The first-order valence-electron chi connectivity index (χ1n) is 7.29. The van der Waals surface area contributed by atoms with Crippen molar-refractivity contribution in [3.63, 3.8) is 0 Å². The third-order valence-electron chi connectivity index (χ3n) is 3.84. The summed E-state index contributed by atoms with van der Waals surface area (Å²) >= 11 is 1.68. The third-order valence-corrected chi connectivity index (χ3v) is 4.96. The Hall–Kier alpha value is -2.66. The van der Waals surface area contributed by atoms with Crippen LogP contribution in [0.3, 0.4) is 0 Å². The number of anilines is 2. The summed E-state index contributed by atoms with van der Waals surface area (Å²) in [6.07, 6.45) is 3.13. The summed E-state index contributed by atoms with van der Waals surface area (Å²) in [4.78, 5) is 10.9. The lowest BCUT2D eigenvalue weighted by Gasteiger charge is -2.07. The lowest BCUT2D eigenvalue weighted by atomic mass is 10.1. The summed E-state index contributed by atoms with van der Waals surface area (Å²) in [5, 5.41) is 20.2. The number of nitrogens with two attached hydrogens (primary N) is 1. The first-order chi connectivity index (χ1) is 11.1. The smallest absolute Gasteiger partial charge is 0.163 e.